The summed E-state index contributed by atoms with van der Waals surface area (Å²) < 4.78 is 1.17. The van der Waals surface area contributed by atoms with Gasteiger partial charge in [0.2, 0.25) is 0 Å². The van der Waals surface area contributed by atoms with E-state index in [9.17, 15) is 5.11 Å². The van der Waals surface area contributed by atoms with E-state index in [1.165, 1.54) is 16.0 Å². The number of hydrogen-bond acceptors (Lipinski definition) is 5. The van der Waals surface area contributed by atoms with E-state index in [4.69, 9.17) is 0 Å². The van der Waals surface area contributed by atoms with Crippen LogP contribution < -0.4 is 0 Å². The van der Waals surface area contributed by atoms with Crippen LogP contribution in [0.2, 0.25) is 0 Å². The smallest absolute Gasteiger partial charge is 0.0968 e. The van der Waals surface area contributed by atoms with Crippen molar-refractivity contribution in [2.45, 2.75) is 19.4 Å². The molecule has 3 rings (SSSR count). The van der Waals surface area contributed by atoms with Crippen LogP contribution in [-0.2, 0) is 6.42 Å². The maximum atomic E-state index is 10.1. The summed E-state index contributed by atoms with van der Waals surface area (Å²) in [5.41, 5.74) is 1.00. The molecule has 0 saturated heterocycles. The van der Waals surface area contributed by atoms with Crippen molar-refractivity contribution in [1.29, 1.82) is 0 Å². The van der Waals surface area contributed by atoms with Gasteiger partial charge in [0.05, 0.1) is 31.2 Å². The molecule has 0 aliphatic rings. The van der Waals surface area contributed by atoms with Crippen LogP contribution in [0.4, 0.5) is 0 Å². The fourth-order valence-electron chi connectivity index (χ4n) is 1.81. The van der Waals surface area contributed by atoms with Gasteiger partial charge in [-0.05, 0) is 19.1 Å². The molecule has 0 radical (unpaired) electrons. The Balaban J connectivity index is 1.83. The molecule has 1 atom stereocenters. The molecule has 1 aromatic carbocycles. The Morgan fingerprint density at radius 1 is 1.28 bits per heavy atom. The Hall–Kier alpha value is -1.30. The van der Waals surface area contributed by atoms with Crippen molar-refractivity contribution < 1.29 is 5.11 Å². The molecular weight excluding hydrogens is 264 g/mol. The maximum absolute atomic E-state index is 10.1. The molecule has 0 bridgehead atoms. The van der Waals surface area contributed by atoms with Crippen molar-refractivity contribution in [1.82, 2.24) is 9.97 Å². The molecular formula is C13H12N2OS2. The Kier molecular flexibility index (Phi) is 3.11. The topological polar surface area (TPSA) is 46.0 Å². The Labute approximate surface area is 113 Å². The largest absolute Gasteiger partial charge is 0.387 e. The summed E-state index contributed by atoms with van der Waals surface area (Å²) in [7, 11) is 0. The minimum Gasteiger partial charge on any atom is -0.387 e. The zero-order valence-electron chi connectivity index (χ0n) is 9.83. The summed E-state index contributed by atoms with van der Waals surface area (Å²) >= 11 is 3.18. The normalized spacial score (nSPS) is 13.0. The first-order valence-corrected chi connectivity index (χ1v) is 7.30. The molecule has 92 valence electrons. The second kappa shape index (κ2) is 4.76. The number of aryl methyl sites for hydroxylation is 1. The summed E-state index contributed by atoms with van der Waals surface area (Å²) in [6, 6.07) is 8.04. The summed E-state index contributed by atoms with van der Waals surface area (Å²) in [6.45, 7) is 1.94. The number of nitrogens with zero attached hydrogens (tertiary/aromatic N) is 2. The highest BCUT2D eigenvalue weighted by Gasteiger charge is 2.14. The second-order valence-electron chi connectivity index (χ2n) is 4.08. The molecule has 0 amide bonds. The second-order valence-corrected chi connectivity index (χ2v) is 6.46. The number of fused-ring (bicyclic) bond motifs is 1. The number of rotatable bonds is 3. The van der Waals surface area contributed by atoms with Crippen LogP contribution in [0.25, 0.3) is 10.2 Å². The molecule has 1 N–H and O–H groups in total. The first-order valence-electron chi connectivity index (χ1n) is 5.67. The number of aliphatic hydroxyl groups excluding tert-OH is 1. The summed E-state index contributed by atoms with van der Waals surface area (Å²) in [5, 5.41) is 12.1. The van der Waals surface area contributed by atoms with Crippen LogP contribution in [0.3, 0.4) is 0 Å². The minimum absolute atomic E-state index is 0.503. The Morgan fingerprint density at radius 2 is 2.11 bits per heavy atom. The molecule has 2 heterocycles. The molecule has 2 aromatic heterocycles. The Morgan fingerprint density at radius 3 is 2.83 bits per heavy atom. The highest BCUT2D eigenvalue weighted by molar-refractivity contribution is 7.18. The number of hydrogen-bond donors (Lipinski definition) is 1. The fourth-order valence-corrected chi connectivity index (χ4v) is 3.58. The van der Waals surface area contributed by atoms with E-state index in [2.05, 4.69) is 16.0 Å². The van der Waals surface area contributed by atoms with Gasteiger partial charge in [0.1, 0.15) is 0 Å². The van der Waals surface area contributed by atoms with E-state index in [-0.39, 0.29) is 0 Å². The van der Waals surface area contributed by atoms with Crippen molar-refractivity contribution in [2.75, 3.05) is 0 Å². The van der Waals surface area contributed by atoms with Crippen LogP contribution in [0.5, 0.6) is 0 Å². The first kappa shape index (κ1) is 11.8. The van der Waals surface area contributed by atoms with Gasteiger partial charge in [0.15, 0.2) is 0 Å². The van der Waals surface area contributed by atoms with Gasteiger partial charge in [0, 0.05) is 12.6 Å². The number of para-hydroxylation sites is 1. The van der Waals surface area contributed by atoms with Crippen LogP contribution in [0.15, 0.2) is 30.5 Å². The third kappa shape index (κ3) is 2.29. The lowest BCUT2D eigenvalue weighted by molar-refractivity contribution is 0.182. The SMILES string of the molecule is Cc1ncc(C(O)Cc2nc3ccccc3s2)s1. The average Bonchev–Trinajstić information content (AvgIpc) is 2.94. The summed E-state index contributed by atoms with van der Waals surface area (Å²) in [6.07, 6.45) is 1.80. The average molecular weight is 276 g/mol. The molecule has 18 heavy (non-hydrogen) atoms. The fraction of sp³-hybridized carbons (Fsp3) is 0.231. The monoisotopic (exact) mass is 276 g/mol. The first-order chi connectivity index (χ1) is 8.72. The van der Waals surface area contributed by atoms with Gasteiger partial charge in [-0.3, -0.25) is 0 Å². The number of aromatic nitrogens is 2. The van der Waals surface area contributed by atoms with E-state index >= 15 is 0 Å². The summed E-state index contributed by atoms with van der Waals surface area (Å²) in [5.74, 6) is 0. The molecule has 3 aromatic rings. The van der Waals surface area contributed by atoms with Crippen LogP contribution in [0.1, 0.15) is 21.0 Å². The van der Waals surface area contributed by atoms with Gasteiger partial charge >= 0.3 is 0 Å². The van der Waals surface area contributed by atoms with E-state index in [1.807, 2.05) is 25.1 Å². The maximum Gasteiger partial charge on any atom is 0.0968 e. The molecule has 3 nitrogen and oxygen atoms in total. The lowest BCUT2D eigenvalue weighted by Gasteiger charge is -2.04. The Bertz CT molecular complexity index is 641. The summed E-state index contributed by atoms with van der Waals surface area (Å²) in [4.78, 5) is 9.60. The van der Waals surface area contributed by atoms with E-state index in [0.29, 0.717) is 6.42 Å². The van der Waals surface area contributed by atoms with Crippen LogP contribution in [-0.4, -0.2) is 15.1 Å². The van der Waals surface area contributed by atoms with E-state index in [1.54, 1.807) is 17.5 Å². The molecule has 0 aliphatic carbocycles. The molecule has 0 fully saturated rings. The standard InChI is InChI=1S/C13H12N2OS2/c1-8-14-7-12(17-8)10(16)6-13-15-9-4-2-3-5-11(9)18-13/h2-5,7,10,16H,6H2,1H3. The van der Waals surface area contributed by atoms with Gasteiger partial charge in [-0.15, -0.1) is 22.7 Å². The number of thiazole rings is 2. The molecule has 1 unspecified atom stereocenters. The van der Waals surface area contributed by atoms with Crippen molar-refractivity contribution >= 4 is 32.9 Å². The molecule has 5 heteroatoms. The van der Waals surface area contributed by atoms with Crippen molar-refractivity contribution in [3.8, 4) is 0 Å². The van der Waals surface area contributed by atoms with Gasteiger partial charge in [0.25, 0.3) is 0 Å². The van der Waals surface area contributed by atoms with Gasteiger partial charge < -0.3 is 5.11 Å². The number of aliphatic hydroxyl groups is 1. The minimum atomic E-state index is -0.503. The van der Waals surface area contributed by atoms with Crippen molar-refractivity contribution in [3.05, 3.63) is 45.4 Å². The highest BCUT2D eigenvalue weighted by atomic mass is 32.1. The predicted octanol–water partition coefficient (Wildman–Crippen LogP) is 3.34. The molecule has 0 aliphatic heterocycles. The van der Waals surface area contributed by atoms with Gasteiger partial charge in [-0.2, -0.15) is 0 Å². The van der Waals surface area contributed by atoms with E-state index < -0.39 is 6.10 Å². The number of benzene rings is 1. The lowest BCUT2D eigenvalue weighted by Crippen LogP contribution is -1.98. The third-order valence-corrected chi connectivity index (χ3v) is 4.75. The van der Waals surface area contributed by atoms with Gasteiger partial charge in [-0.1, -0.05) is 12.1 Å². The zero-order chi connectivity index (χ0) is 12.5. The highest BCUT2D eigenvalue weighted by Crippen LogP contribution is 2.28. The predicted molar refractivity (Wildman–Crippen MR) is 75.1 cm³/mol. The van der Waals surface area contributed by atoms with E-state index in [0.717, 1.165) is 20.4 Å². The van der Waals surface area contributed by atoms with Gasteiger partial charge in [-0.25, -0.2) is 9.97 Å². The van der Waals surface area contributed by atoms with Crippen LogP contribution in [0, 0.1) is 6.92 Å². The zero-order valence-corrected chi connectivity index (χ0v) is 11.5. The quantitative estimate of drug-likeness (QED) is 0.798. The molecule has 0 saturated carbocycles. The van der Waals surface area contributed by atoms with Crippen molar-refractivity contribution in [2.24, 2.45) is 0 Å². The third-order valence-electron chi connectivity index (χ3n) is 2.67. The van der Waals surface area contributed by atoms with Crippen LogP contribution >= 0.6 is 22.7 Å². The molecule has 0 spiro atoms. The van der Waals surface area contributed by atoms with Crippen molar-refractivity contribution in [3.63, 3.8) is 0 Å². The lowest BCUT2D eigenvalue weighted by atomic mass is 10.2.